The molecule has 1 nitrogen and oxygen atoms in total. The first-order chi connectivity index (χ1) is 4.83. The van der Waals surface area contributed by atoms with E-state index in [4.69, 9.17) is 5.11 Å². The summed E-state index contributed by atoms with van der Waals surface area (Å²) in [5, 5.41) is 10.5. The summed E-state index contributed by atoms with van der Waals surface area (Å²) in [6.45, 7) is 0.107. The monoisotopic (exact) mass is 218 g/mol. The Morgan fingerprint density at radius 2 is 2.50 bits per heavy atom. The molecular formula is C7H7BrOS. The van der Waals surface area contributed by atoms with Crippen molar-refractivity contribution in [2.24, 2.45) is 0 Å². The topological polar surface area (TPSA) is 20.2 Å². The zero-order valence-electron chi connectivity index (χ0n) is 5.25. The maximum Gasteiger partial charge on any atom is 0.0615 e. The van der Waals surface area contributed by atoms with Gasteiger partial charge in [0, 0.05) is 14.7 Å². The van der Waals surface area contributed by atoms with E-state index in [1.54, 1.807) is 17.4 Å². The van der Waals surface area contributed by atoms with E-state index in [1.165, 1.54) is 0 Å². The van der Waals surface area contributed by atoms with Gasteiger partial charge in [0.2, 0.25) is 0 Å². The van der Waals surface area contributed by atoms with Gasteiger partial charge in [0.1, 0.15) is 0 Å². The molecule has 1 heterocycles. The van der Waals surface area contributed by atoms with Crippen LogP contribution in [0.1, 0.15) is 4.88 Å². The molecule has 0 aliphatic rings. The predicted molar refractivity (Wildman–Crippen MR) is 48.1 cm³/mol. The minimum Gasteiger partial charge on any atom is -0.392 e. The van der Waals surface area contributed by atoms with E-state index in [0.717, 1.165) is 9.35 Å². The highest BCUT2D eigenvalue weighted by Crippen LogP contribution is 2.20. The van der Waals surface area contributed by atoms with E-state index < -0.39 is 0 Å². The summed E-state index contributed by atoms with van der Waals surface area (Å²) in [4.78, 5) is 1.15. The number of hydrogen-bond donors (Lipinski definition) is 1. The molecule has 0 spiro atoms. The summed E-state index contributed by atoms with van der Waals surface area (Å²) < 4.78 is 1.09. The summed E-state index contributed by atoms with van der Waals surface area (Å²) in [5.41, 5.74) is 0. The molecule has 0 bridgehead atoms. The van der Waals surface area contributed by atoms with Crippen LogP contribution in [0.5, 0.6) is 0 Å². The molecule has 0 saturated carbocycles. The van der Waals surface area contributed by atoms with Crippen LogP contribution in [0.4, 0.5) is 0 Å². The highest BCUT2D eigenvalue weighted by Gasteiger charge is 1.90. The summed E-state index contributed by atoms with van der Waals surface area (Å²) in [6, 6.07) is 2.01. The van der Waals surface area contributed by atoms with Gasteiger partial charge in [-0.05, 0) is 28.1 Å². The van der Waals surface area contributed by atoms with Crippen LogP contribution in [0.2, 0.25) is 0 Å². The Morgan fingerprint density at radius 1 is 1.70 bits per heavy atom. The van der Waals surface area contributed by atoms with Crippen LogP contribution in [0, 0.1) is 0 Å². The van der Waals surface area contributed by atoms with Crippen LogP contribution in [-0.4, -0.2) is 11.7 Å². The van der Waals surface area contributed by atoms with Crippen molar-refractivity contribution in [1.29, 1.82) is 0 Å². The van der Waals surface area contributed by atoms with E-state index in [9.17, 15) is 0 Å². The van der Waals surface area contributed by atoms with Gasteiger partial charge in [-0.25, -0.2) is 0 Å². The normalized spacial score (nSPS) is 11.0. The van der Waals surface area contributed by atoms with Crippen LogP contribution in [0.15, 0.2) is 22.0 Å². The Morgan fingerprint density at radius 3 is 3.00 bits per heavy atom. The molecule has 0 fully saturated rings. The van der Waals surface area contributed by atoms with Crippen molar-refractivity contribution >= 4 is 33.3 Å². The SMILES string of the molecule is OCC=Cc1cc(Br)cs1. The smallest absolute Gasteiger partial charge is 0.0615 e. The molecule has 0 saturated heterocycles. The fraction of sp³-hybridized carbons (Fsp3) is 0.143. The van der Waals surface area contributed by atoms with Gasteiger partial charge >= 0.3 is 0 Å². The Kier molecular flexibility index (Phi) is 3.12. The van der Waals surface area contributed by atoms with Crippen molar-refractivity contribution in [2.45, 2.75) is 0 Å². The minimum atomic E-state index is 0.107. The van der Waals surface area contributed by atoms with Crippen molar-refractivity contribution in [3.63, 3.8) is 0 Å². The molecule has 1 aromatic rings. The largest absolute Gasteiger partial charge is 0.392 e. The van der Waals surface area contributed by atoms with Gasteiger partial charge < -0.3 is 5.11 Å². The molecule has 0 aromatic carbocycles. The molecular weight excluding hydrogens is 212 g/mol. The number of halogens is 1. The van der Waals surface area contributed by atoms with Crippen LogP contribution < -0.4 is 0 Å². The Bertz CT molecular complexity index is 229. The maximum absolute atomic E-state index is 8.44. The second-order valence-corrected chi connectivity index (χ2v) is 3.61. The summed E-state index contributed by atoms with van der Waals surface area (Å²) >= 11 is 4.98. The Labute approximate surface area is 72.1 Å². The fourth-order valence-corrected chi connectivity index (χ4v) is 1.95. The number of thiophene rings is 1. The van der Waals surface area contributed by atoms with E-state index in [2.05, 4.69) is 15.9 Å². The molecule has 0 aliphatic heterocycles. The number of aliphatic hydroxyl groups is 1. The van der Waals surface area contributed by atoms with Crippen LogP contribution in [0.3, 0.4) is 0 Å². The Hall–Kier alpha value is -0.120. The van der Waals surface area contributed by atoms with E-state index >= 15 is 0 Å². The predicted octanol–water partition coefficient (Wildman–Crippen LogP) is 2.52. The van der Waals surface area contributed by atoms with E-state index in [-0.39, 0.29) is 6.61 Å². The fourth-order valence-electron chi connectivity index (χ4n) is 0.585. The zero-order chi connectivity index (χ0) is 7.40. The first-order valence-corrected chi connectivity index (χ1v) is 4.51. The Balaban J connectivity index is 2.67. The molecule has 3 heteroatoms. The zero-order valence-corrected chi connectivity index (χ0v) is 7.65. The van der Waals surface area contributed by atoms with Crippen LogP contribution in [-0.2, 0) is 0 Å². The molecule has 0 aliphatic carbocycles. The standard InChI is InChI=1S/C7H7BrOS/c8-6-4-7(10-5-6)2-1-3-9/h1-2,4-5,9H,3H2. The van der Waals surface area contributed by atoms with Crippen molar-refractivity contribution in [3.8, 4) is 0 Å². The lowest BCUT2D eigenvalue weighted by Crippen LogP contribution is -1.68. The first-order valence-electron chi connectivity index (χ1n) is 2.84. The minimum absolute atomic E-state index is 0.107. The van der Waals surface area contributed by atoms with Gasteiger partial charge in [0.15, 0.2) is 0 Å². The van der Waals surface area contributed by atoms with Gasteiger partial charge in [0.05, 0.1) is 6.61 Å². The average Bonchev–Trinajstić information content (AvgIpc) is 2.31. The molecule has 0 amide bonds. The van der Waals surface area contributed by atoms with E-state index in [0.29, 0.717) is 0 Å². The summed E-state index contributed by atoms with van der Waals surface area (Å²) in [7, 11) is 0. The number of aliphatic hydroxyl groups excluding tert-OH is 1. The number of rotatable bonds is 2. The molecule has 54 valence electrons. The third kappa shape index (κ3) is 2.25. The van der Waals surface area contributed by atoms with Crippen LogP contribution in [0.25, 0.3) is 6.08 Å². The van der Waals surface area contributed by atoms with E-state index in [1.807, 2.05) is 17.5 Å². The lowest BCUT2D eigenvalue weighted by atomic mass is 10.4. The van der Waals surface area contributed by atoms with Crippen molar-refractivity contribution in [2.75, 3.05) is 6.61 Å². The van der Waals surface area contributed by atoms with Gasteiger partial charge in [-0.2, -0.15) is 0 Å². The first kappa shape index (κ1) is 7.98. The quantitative estimate of drug-likeness (QED) is 0.810. The van der Waals surface area contributed by atoms with Gasteiger partial charge in [-0.1, -0.05) is 6.08 Å². The third-order valence-corrected chi connectivity index (χ3v) is 2.63. The molecule has 0 radical (unpaired) electrons. The number of hydrogen-bond acceptors (Lipinski definition) is 2. The van der Waals surface area contributed by atoms with Gasteiger partial charge in [-0.3, -0.25) is 0 Å². The van der Waals surface area contributed by atoms with Crippen molar-refractivity contribution in [1.82, 2.24) is 0 Å². The van der Waals surface area contributed by atoms with Crippen molar-refractivity contribution in [3.05, 3.63) is 26.9 Å². The molecule has 10 heavy (non-hydrogen) atoms. The maximum atomic E-state index is 8.44. The highest BCUT2D eigenvalue weighted by molar-refractivity contribution is 9.10. The highest BCUT2D eigenvalue weighted by atomic mass is 79.9. The lowest BCUT2D eigenvalue weighted by Gasteiger charge is -1.79. The third-order valence-electron chi connectivity index (χ3n) is 0.975. The summed E-state index contributed by atoms with van der Waals surface area (Å²) in [5.74, 6) is 0. The molecule has 0 unspecified atom stereocenters. The lowest BCUT2D eigenvalue weighted by molar-refractivity contribution is 0.343. The van der Waals surface area contributed by atoms with Gasteiger partial charge in [-0.15, -0.1) is 11.3 Å². The summed E-state index contributed by atoms with van der Waals surface area (Å²) in [6.07, 6.45) is 3.62. The second-order valence-electron chi connectivity index (χ2n) is 1.75. The molecule has 1 aromatic heterocycles. The molecule has 1 N–H and O–H groups in total. The second kappa shape index (κ2) is 3.91. The average molecular weight is 219 g/mol. The molecule has 1 rings (SSSR count). The molecule has 0 atom stereocenters. The van der Waals surface area contributed by atoms with Crippen LogP contribution >= 0.6 is 27.3 Å². The van der Waals surface area contributed by atoms with Crippen molar-refractivity contribution < 1.29 is 5.11 Å². The van der Waals surface area contributed by atoms with Gasteiger partial charge in [0.25, 0.3) is 0 Å².